The quantitative estimate of drug-likeness (QED) is 0.178. The fraction of sp³-hybridized carbons (Fsp3) is 0.963. The molecule has 1 amide bonds. The van der Waals surface area contributed by atoms with Crippen molar-refractivity contribution < 1.29 is 33.6 Å². The molecule has 3 rings (SSSR count). The van der Waals surface area contributed by atoms with Crippen LogP contribution in [0.4, 0.5) is 8.78 Å². The summed E-state index contributed by atoms with van der Waals surface area (Å²) in [5, 5.41) is 37.6. The van der Waals surface area contributed by atoms with Gasteiger partial charge in [-0.05, 0) is 43.9 Å². The van der Waals surface area contributed by atoms with E-state index >= 15 is 0 Å². The molecule has 0 aromatic rings. The standard InChI is InChI=1S/C27H50F2N4O5/c1-2-4-20-14-30-26(31-15-20)33-8-6-19(7-9-33)5-3-10-38-21-11-23(28)22(24(29)12-21)13-25(37)32-27(16-34,17-35)18-36/h19-24,26,30-31,34-36H,2-18H2,1H3,(H,32,37). The molecule has 2 aliphatic heterocycles. The molecule has 1 aliphatic carbocycles. The highest BCUT2D eigenvalue weighted by atomic mass is 19.1. The lowest BCUT2D eigenvalue weighted by atomic mass is 9.81. The maximum absolute atomic E-state index is 14.8. The van der Waals surface area contributed by atoms with Gasteiger partial charge in [-0.3, -0.25) is 20.3 Å². The number of halogens is 2. The number of amides is 1. The van der Waals surface area contributed by atoms with Crippen molar-refractivity contribution >= 4 is 5.91 Å². The molecule has 2 atom stereocenters. The average molecular weight is 549 g/mol. The third kappa shape index (κ3) is 9.04. The number of ether oxygens (including phenoxy) is 1. The molecule has 3 aliphatic rings. The normalized spacial score (nSPS) is 31.8. The number of hydrogen-bond donors (Lipinski definition) is 6. The van der Waals surface area contributed by atoms with Crippen LogP contribution in [0.25, 0.3) is 0 Å². The zero-order chi connectivity index (χ0) is 27.5. The lowest BCUT2D eigenvalue weighted by Crippen LogP contribution is -2.62. The van der Waals surface area contributed by atoms with E-state index in [2.05, 4.69) is 27.8 Å². The number of piperidine rings is 1. The maximum atomic E-state index is 14.8. The Hall–Kier alpha value is -0.950. The maximum Gasteiger partial charge on any atom is 0.221 e. The van der Waals surface area contributed by atoms with Crippen molar-refractivity contribution in [3.8, 4) is 0 Å². The first-order valence-electron chi connectivity index (χ1n) is 14.6. The molecule has 0 aromatic carbocycles. The summed E-state index contributed by atoms with van der Waals surface area (Å²) in [6.45, 7) is 4.95. The Labute approximate surface area is 226 Å². The van der Waals surface area contributed by atoms with Crippen molar-refractivity contribution in [2.75, 3.05) is 52.6 Å². The van der Waals surface area contributed by atoms with Gasteiger partial charge < -0.3 is 25.4 Å². The molecular formula is C27H50F2N4O5. The molecule has 222 valence electrons. The van der Waals surface area contributed by atoms with Crippen LogP contribution in [0.1, 0.15) is 64.7 Å². The highest BCUT2D eigenvalue weighted by molar-refractivity contribution is 5.77. The van der Waals surface area contributed by atoms with Crippen molar-refractivity contribution in [3.63, 3.8) is 0 Å². The van der Waals surface area contributed by atoms with Gasteiger partial charge in [-0.15, -0.1) is 0 Å². The number of carbonyl (C=O) groups excluding carboxylic acids is 1. The van der Waals surface area contributed by atoms with Gasteiger partial charge in [0.25, 0.3) is 0 Å². The molecule has 1 saturated carbocycles. The number of hydrogen-bond acceptors (Lipinski definition) is 8. The number of nitrogens with one attached hydrogen (secondary N) is 3. The van der Waals surface area contributed by atoms with Crippen molar-refractivity contribution in [1.82, 2.24) is 20.9 Å². The molecule has 2 heterocycles. The SMILES string of the molecule is CCCC1CNC(N2CCC(CCCOC3CC(F)C(CC(=O)NC(CO)(CO)CO)C(F)C3)CC2)NC1. The molecule has 2 unspecified atom stereocenters. The summed E-state index contributed by atoms with van der Waals surface area (Å²) in [4.78, 5) is 14.8. The summed E-state index contributed by atoms with van der Waals surface area (Å²) in [7, 11) is 0. The van der Waals surface area contributed by atoms with E-state index in [0.717, 1.165) is 57.8 Å². The number of likely N-dealkylation sites (tertiary alicyclic amines) is 1. The monoisotopic (exact) mass is 548 g/mol. The molecule has 9 nitrogen and oxygen atoms in total. The second-order valence-corrected chi connectivity index (χ2v) is 11.7. The predicted octanol–water partition coefficient (Wildman–Crippen LogP) is 1.06. The first-order chi connectivity index (χ1) is 18.3. The summed E-state index contributed by atoms with van der Waals surface area (Å²) >= 11 is 0. The molecule has 38 heavy (non-hydrogen) atoms. The Morgan fingerprint density at radius 3 is 2.16 bits per heavy atom. The fourth-order valence-corrected chi connectivity index (χ4v) is 6.09. The predicted molar refractivity (Wildman–Crippen MR) is 141 cm³/mol. The first kappa shape index (κ1) is 31.6. The van der Waals surface area contributed by atoms with Gasteiger partial charge >= 0.3 is 0 Å². The Kier molecular flexibility index (Phi) is 13.1. The van der Waals surface area contributed by atoms with Gasteiger partial charge in [0.1, 0.15) is 24.2 Å². The zero-order valence-corrected chi connectivity index (χ0v) is 22.9. The largest absolute Gasteiger partial charge is 0.394 e. The van der Waals surface area contributed by atoms with E-state index in [1.54, 1.807) is 0 Å². The van der Waals surface area contributed by atoms with E-state index in [9.17, 15) is 28.9 Å². The average Bonchev–Trinajstić information content (AvgIpc) is 2.93. The van der Waals surface area contributed by atoms with Crippen molar-refractivity contribution in [2.24, 2.45) is 17.8 Å². The molecule has 11 heteroatoms. The van der Waals surface area contributed by atoms with Crippen LogP contribution in [0.2, 0.25) is 0 Å². The number of carbonyl (C=O) groups is 1. The second-order valence-electron chi connectivity index (χ2n) is 11.7. The first-order valence-corrected chi connectivity index (χ1v) is 14.6. The van der Waals surface area contributed by atoms with Gasteiger partial charge in [0.05, 0.1) is 25.9 Å². The van der Waals surface area contributed by atoms with E-state index in [0.29, 0.717) is 12.5 Å². The minimum atomic E-state index is -1.60. The Balaban J connectivity index is 1.29. The molecule has 2 saturated heterocycles. The van der Waals surface area contributed by atoms with Gasteiger partial charge in [-0.1, -0.05) is 13.3 Å². The van der Waals surface area contributed by atoms with Crippen LogP contribution < -0.4 is 16.0 Å². The third-order valence-corrected chi connectivity index (χ3v) is 8.66. The van der Waals surface area contributed by atoms with Gasteiger partial charge in [0.2, 0.25) is 5.91 Å². The molecule has 0 aromatic heterocycles. The van der Waals surface area contributed by atoms with Crippen molar-refractivity contribution in [3.05, 3.63) is 0 Å². The number of nitrogens with zero attached hydrogens (tertiary/aromatic N) is 1. The van der Waals surface area contributed by atoms with Crippen molar-refractivity contribution in [1.29, 1.82) is 0 Å². The van der Waals surface area contributed by atoms with Gasteiger partial charge in [0.15, 0.2) is 0 Å². The van der Waals surface area contributed by atoms with Crippen LogP contribution in [0.3, 0.4) is 0 Å². The summed E-state index contributed by atoms with van der Waals surface area (Å²) in [6.07, 6.45) is 3.09. The van der Waals surface area contributed by atoms with Crippen LogP contribution in [0.15, 0.2) is 0 Å². The molecule has 0 bridgehead atoms. The molecule has 3 fully saturated rings. The summed E-state index contributed by atoms with van der Waals surface area (Å²) in [6, 6.07) is 0. The summed E-state index contributed by atoms with van der Waals surface area (Å²) < 4.78 is 35.4. The molecule has 0 radical (unpaired) electrons. The van der Waals surface area contributed by atoms with Crippen LogP contribution in [0.5, 0.6) is 0 Å². The summed E-state index contributed by atoms with van der Waals surface area (Å²) in [5.74, 6) is -0.454. The van der Waals surface area contributed by atoms with Crippen LogP contribution in [0, 0.1) is 17.8 Å². The van der Waals surface area contributed by atoms with Crippen LogP contribution in [-0.4, -0.2) is 109 Å². The topological polar surface area (TPSA) is 126 Å². The highest BCUT2D eigenvalue weighted by Gasteiger charge is 2.41. The Morgan fingerprint density at radius 2 is 1.61 bits per heavy atom. The van der Waals surface area contributed by atoms with E-state index < -0.39 is 62.1 Å². The molecule has 6 N–H and O–H groups in total. The minimum Gasteiger partial charge on any atom is -0.394 e. The van der Waals surface area contributed by atoms with E-state index in [1.807, 2.05) is 0 Å². The van der Waals surface area contributed by atoms with Gasteiger partial charge in [0, 0.05) is 58.0 Å². The number of alkyl halides is 2. The molecular weight excluding hydrogens is 498 g/mol. The Morgan fingerprint density at radius 1 is 1.00 bits per heavy atom. The number of aliphatic hydroxyl groups excluding tert-OH is 3. The van der Waals surface area contributed by atoms with Crippen LogP contribution in [-0.2, 0) is 9.53 Å². The lowest BCUT2D eigenvalue weighted by molar-refractivity contribution is -0.129. The zero-order valence-electron chi connectivity index (χ0n) is 22.9. The van der Waals surface area contributed by atoms with E-state index in [1.165, 1.54) is 12.8 Å². The van der Waals surface area contributed by atoms with Gasteiger partial charge in [-0.2, -0.15) is 0 Å². The van der Waals surface area contributed by atoms with Crippen molar-refractivity contribution in [2.45, 2.75) is 95.0 Å². The number of aliphatic hydroxyl groups is 3. The fourth-order valence-electron chi connectivity index (χ4n) is 6.09. The molecule has 0 spiro atoms. The summed E-state index contributed by atoms with van der Waals surface area (Å²) in [5.41, 5.74) is -1.60. The van der Waals surface area contributed by atoms with E-state index in [-0.39, 0.29) is 19.1 Å². The second kappa shape index (κ2) is 15.7. The smallest absolute Gasteiger partial charge is 0.221 e. The minimum absolute atomic E-state index is 0.0440. The number of rotatable bonds is 14. The van der Waals surface area contributed by atoms with Crippen LogP contribution >= 0.6 is 0 Å². The third-order valence-electron chi connectivity index (χ3n) is 8.66. The Bertz CT molecular complexity index is 668. The van der Waals surface area contributed by atoms with Gasteiger partial charge in [-0.25, -0.2) is 8.78 Å². The van der Waals surface area contributed by atoms with E-state index in [4.69, 9.17) is 4.74 Å². The lowest BCUT2D eigenvalue weighted by Gasteiger charge is -2.42. The highest BCUT2D eigenvalue weighted by Crippen LogP contribution is 2.34.